The summed E-state index contributed by atoms with van der Waals surface area (Å²) in [5, 5.41) is 2.94. The number of carbonyl (C=O) groups is 1. The van der Waals surface area contributed by atoms with E-state index in [0.717, 1.165) is 10.9 Å². The number of hydrogen-bond acceptors (Lipinski definition) is 2. The highest BCUT2D eigenvalue weighted by Crippen LogP contribution is 2.13. The molecule has 0 aliphatic carbocycles. The standard InChI is InChI=1S/C13H19BrN2O.ClH/c1-9(15)6-13(17)16-10(2)7-11-4-3-5-12(14)8-11;/h3-5,8-10H,6-7,15H2,1-2H3,(H,16,17);1H. The quantitative estimate of drug-likeness (QED) is 0.869. The van der Waals surface area contributed by atoms with Crippen molar-refractivity contribution in [3.05, 3.63) is 34.3 Å². The fraction of sp³-hybridized carbons (Fsp3) is 0.462. The lowest BCUT2D eigenvalue weighted by Crippen LogP contribution is -2.37. The van der Waals surface area contributed by atoms with Crippen molar-refractivity contribution in [1.82, 2.24) is 5.32 Å². The molecule has 18 heavy (non-hydrogen) atoms. The minimum Gasteiger partial charge on any atom is -0.353 e. The number of amides is 1. The summed E-state index contributed by atoms with van der Waals surface area (Å²) in [7, 11) is 0. The summed E-state index contributed by atoms with van der Waals surface area (Å²) < 4.78 is 1.06. The zero-order valence-corrected chi connectivity index (χ0v) is 13.1. The number of halogens is 2. The minimum atomic E-state index is -0.0898. The van der Waals surface area contributed by atoms with Gasteiger partial charge in [-0.25, -0.2) is 0 Å². The minimum absolute atomic E-state index is 0. The molecule has 0 aliphatic heterocycles. The van der Waals surface area contributed by atoms with E-state index in [1.54, 1.807) is 0 Å². The first-order chi connectivity index (χ1) is 7.97. The second-order valence-corrected chi connectivity index (χ2v) is 5.40. The molecule has 0 fully saturated rings. The van der Waals surface area contributed by atoms with Crippen LogP contribution in [0.25, 0.3) is 0 Å². The van der Waals surface area contributed by atoms with E-state index in [2.05, 4.69) is 33.4 Å². The van der Waals surface area contributed by atoms with E-state index in [-0.39, 0.29) is 30.4 Å². The first kappa shape index (κ1) is 17.4. The van der Waals surface area contributed by atoms with Gasteiger partial charge < -0.3 is 11.1 Å². The monoisotopic (exact) mass is 334 g/mol. The van der Waals surface area contributed by atoms with Crippen LogP contribution < -0.4 is 11.1 Å². The molecule has 0 saturated carbocycles. The Morgan fingerprint density at radius 2 is 2.11 bits per heavy atom. The van der Waals surface area contributed by atoms with Gasteiger partial charge in [-0.1, -0.05) is 28.1 Å². The van der Waals surface area contributed by atoms with Gasteiger partial charge in [0, 0.05) is 23.0 Å². The topological polar surface area (TPSA) is 55.1 Å². The molecule has 0 spiro atoms. The summed E-state index contributed by atoms with van der Waals surface area (Å²) in [6.45, 7) is 3.83. The van der Waals surface area contributed by atoms with Crippen LogP contribution in [-0.2, 0) is 11.2 Å². The molecule has 2 atom stereocenters. The van der Waals surface area contributed by atoms with Gasteiger partial charge in [-0.15, -0.1) is 12.4 Å². The van der Waals surface area contributed by atoms with E-state index in [4.69, 9.17) is 5.73 Å². The maximum absolute atomic E-state index is 11.5. The molecule has 5 heteroatoms. The van der Waals surface area contributed by atoms with Gasteiger partial charge >= 0.3 is 0 Å². The van der Waals surface area contributed by atoms with Crippen LogP contribution in [0.15, 0.2) is 28.7 Å². The number of carbonyl (C=O) groups excluding carboxylic acids is 1. The third-order valence-electron chi connectivity index (χ3n) is 2.35. The van der Waals surface area contributed by atoms with Crippen molar-refractivity contribution in [2.24, 2.45) is 5.73 Å². The summed E-state index contributed by atoms with van der Waals surface area (Å²) in [5.74, 6) is 0.0162. The van der Waals surface area contributed by atoms with Crippen molar-refractivity contribution in [3.63, 3.8) is 0 Å². The molecule has 1 aromatic carbocycles. The van der Waals surface area contributed by atoms with Crippen molar-refractivity contribution in [3.8, 4) is 0 Å². The lowest BCUT2D eigenvalue weighted by atomic mass is 10.1. The van der Waals surface area contributed by atoms with Gasteiger partial charge in [0.1, 0.15) is 0 Å². The van der Waals surface area contributed by atoms with Crippen LogP contribution >= 0.6 is 28.3 Å². The first-order valence-corrected chi connectivity index (χ1v) is 6.56. The van der Waals surface area contributed by atoms with E-state index in [0.29, 0.717) is 6.42 Å². The fourth-order valence-electron chi connectivity index (χ4n) is 1.69. The highest BCUT2D eigenvalue weighted by molar-refractivity contribution is 9.10. The molecular weight excluding hydrogens is 316 g/mol. The predicted molar refractivity (Wildman–Crippen MR) is 81.0 cm³/mol. The molecule has 0 aliphatic rings. The lowest BCUT2D eigenvalue weighted by Gasteiger charge is -2.15. The molecule has 0 heterocycles. The maximum Gasteiger partial charge on any atom is 0.221 e. The lowest BCUT2D eigenvalue weighted by molar-refractivity contribution is -0.121. The molecule has 1 rings (SSSR count). The summed E-state index contributed by atoms with van der Waals surface area (Å²) in [5.41, 5.74) is 6.78. The smallest absolute Gasteiger partial charge is 0.221 e. The van der Waals surface area contributed by atoms with Crippen LogP contribution in [0.2, 0.25) is 0 Å². The number of nitrogens with one attached hydrogen (secondary N) is 1. The summed E-state index contributed by atoms with van der Waals surface area (Å²) >= 11 is 3.43. The Bertz CT molecular complexity index is 385. The van der Waals surface area contributed by atoms with Gasteiger partial charge in [0.25, 0.3) is 0 Å². The molecular formula is C13H20BrClN2O. The van der Waals surface area contributed by atoms with E-state index in [1.165, 1.54) is 5.56 Å². The number of rotatable bonds is 5. The second-order valence-electron chi connectivity index (χ2n) is 4.48. The van der Waals surface area contributed by atoms with E-state index < -0.39 is 0 Å². The summed E-state index contributed by atoms with van der Waals surface area (Å²) in [6, 6.07) is 8.13. The highest BCUT2D eigenvalue weighted by atomic mass is 79.9. The average molecular weight is 336 g/mol. The highest BCUT2D eigenvalue weighted by Gasteiger charge is 2.09. The van der Waals surface area contributed by atoms with Gasteiger partial charge in [0.15, 0.2) is 0 Å². The Balaban J connectivity index is 0.00000289. The summed E-state index contributed by atoms with van der Waals surface area (Å²) in [4.78, 5) is 11.5. The Hall–Kier alpha value is -0.580. The van der Waals surface area contributed by atoms with Crippen molar-refractivity contribution in [2.75, 3.05) is 0 Å². The predicted octanol–water partition coefficient (Wildman–Crippen LogP) is 2.66. The SMILES string of the molecule is CC(N)CC(=O)NC(C)Cc1cccc(Br)c1.Cl. The first-order valence-electron chi connectivity index (χ1n) is 5.76. The number of nitrogens with two attached hydrogens (primary N) is 1. The molecule has 0 radical (unpaired) electrons. The Morgan fingerprint density at radius 3 is 2.67 bits per heavy atom. The van der Waals surface area contributed by atoms with Crippen LogP contribution in [0.3, 0.4) is 0 Å². The van der Waals surface area contributed by atoms with Gasteiger partial charge in [0.2, 0.25) is 5.91 Å². The van der Waals surface area contributed by atoms with Crippen molar-refractivity contribution in [2.45, 2.75) is 38.8 Å². The molecule has 0 bridgehead atoms. The van der Waals surface area contributed by atoms with Gasteiger partial charge in [-0.3, -0.25) is 4.79 Å². The van der Waals surface area contributed by atoms with Crippen molar-refractivity contribution >= 4 is 34.2 Å². The Labute approximate surface area is 123 Å². The zero-order valence-electron chi connectivity index (χ0n) is 10.7. The maximum atomic E-state index is 11.5. The third-order valence-corrected chi connectivity index (χ3v) is 2.84. The van der Waals surface area contributed by atoms with Crippen molar-refractivity contribution in [1.29, 1.82) is 0 Å². The number of hydrogen-bond donors (Lipinski definition) is 2. The molecule has 0 saturated heterocycles. The summed E-state index contributed by atoms with van der Waals surface area (Å²) in [6.07, 6.45) is 1.20. The molecule has 1 amide bonds. The van der Waals surface area contributed by atoms with E-state index in [9.17, 15) is 4.79 Å². The van der Waals surface area contributed by atoms with Crippen LogP contribution in [0, 0.1) is 0 Å². The fourth-order valence-corrected chi connectivity index (χ4v) is 2.14. The van der Waals surface area contributed by atoms with Gasteiger partial charge in [-0.05, 0) is 38.0 Å². The van der Waals surface area contributed by atoms with E-state index >= 15 is 0 Å². The van der Waals surface area contributed by atoms with Gasteiger partial charge in [0.05, 0.1) is 0 Å². The molecule has 0 aromatic heterocycles. The second kappa shape index (κ2) is 8.51. The van der Waals surface area contributed by atoms with Crippen LogP contribution in [0.5, 0.6) is 0 Å². The van der Waals surface area contributed by atoms with E-state index in [1.807, 2.05) is 26.0 Å². The third kappa shape index (κ3) is 6.99. The molecule has 102 valence electrons. The van der Waals surface area contributed by atoms with Crippen LogP contribution in [0.4, 0.5) is 0 Å². The molecule has 1 aromatic rings. The molecule has 2 unspecified atom stereocenters. The van der Waals surface area contributed by atoms with Crippen LogP contribution in [-0.4, -0.2) is 18.0 Å². The largest absolute Gasteiger partial charge is 0.353 e. The van der Waals surface area contributed by atoms with Crippen LogP contribution in [0.1, 0.15) is 25.8 Å². The molecule has 3 nitrogen and oxygen atoms in total. The normalized spacial score (nSPS) is 13.3. The number of benzene rings is 1. The zero-order chi connectivity index (χ0) is 12.8. The molecule has 3 N–H and O–H groups in total. The average Bonchev–Trinajstić information content (AvgIpc) is 2.14. The Kier molecular flexibility index (Phi) is 8.24. The van der Waals surface area contributed by atoms with Gasteiger partial charge in [-0.2, -0.15) is 0 Å². The Morgan fingerprint density at radius 1 is 1.44 bits per heavy atom. The van der Waals surface area contributed by atoms with Crippen molar-refractivity contribution < 1.29 is 4.79 Å².